The highest BCUT2D eigenvalue weighted by Gasteiger charge is 2.55. The standard InChI is InChI=1S/C24H42O21/c25-1-5-9(29)10(30)15(35)22(40-5)44-19-7(3-27)42-24(17(37)12(19)32)45-20-8(4-28)41-23(16(36)13(20)33)43-18-6(2-26)39-21(38)14(34)11(18)31/h5-38H,1-4H2/t5-,6-,7-,8-,9-,10+,11-,12-,13-,14-,15-,16-,17-,18-,19-,20-,21?,22?,23?,24?/m1/s1. The molecule has 20 atom stereocenters. The van der Waals surface area contributed by atoms with Crippen molar-refractivity contribution in [3.63, 3.8) is 0 Å². The number of hydrogen-bond donors (Lipinski definition) is 14. The van der Waals surface area contributed by atoms with Crippen molar-refractivity contribution < 1.29 is 105 Å². The van der Waals surface area contributed by atoms with E-state index in [0.29, 0.717) is 0 Å². The van der Waals surface area contributed by atoms with Gasteiger partial charge >= 0.3 is 0 Å². The number of ether oxygens (including phenoxy) is 7. The molecule has 0 radical (unpaired) electrons. The van der Waals surface area contributed by atoms with E-state index in [1.807, 2.05) is 0 Å². The third kappa shape index (κ3) is 7.44. The van der Waals surface area contributed by atoms with Crippen molar-refractivity contribution in [2.24, 2.45) is 0 Å². The lowest BCUT2D eigenvalue weighted by molar-refractivity contribution is -0.387. The van der Waals surface area contributed by atoms with E-state index in [9.17, 15) is 71.5 Å². The summed E-state index contributed by atoms with van der Waals surface area (Å²) in [5.74, 6) is 0. The molecule has 4 fully saturated rings. The third-order valence-electron chi connectivity index (χ3n) is 8.20. The lowest BCUT2D eigenvalue weighted by atomic mass is 9.95. The zero-order valence-corrected chi connectivity index (χ0v) is 23.5. The molecule has 0 bridgehead atoms. The summed E-state index contributed by atoms with van der Waals surface area (Å²) in [7, 11) is 0. The van der Waals surface area contributed by atoms with Gasteiger partial charge in [-0.15, -0.1) is 0 Å². The summed E-state index contributed by atoms with van der Waals surface area (Å²) in [6.45, 7) is -3.39. The second-order valence-electron chi connectivity index (χ2n) is 11.1. The zero-order valence-electron chi connectivity index (χ0n) is 23.5. The Morgan fingerprint density at radius 1 is 0.333 bits per heavy atom. The van der Waals surface area contributed by atoms with Crippen LogP contribution in [-0.2, 0) is 33.2 Å². The lowest BCUT2D eigenvalue weighted by Gasteiger charge is -2.49. The molecule has 0 spiro atoms. The van der Waals surface area contributed by atoms with E-state index in [-0.39, 0.29) is 0 Å². The first-order valence-electron chi connectivity index (χ1n) is 14.1. The molecule has 0 aliphatic carbocycles. The largest absolute Gasteiger partial charge is 0.394 e. The van der Waals surface area contributed by atoms with Crippen LogP contribution in [0.5, 0.6) is 0 Å². The van der Waals surface area contributed by atoms with E-state index < -0.39 is 149 Å². The molecule has 4 aliphatic rings. The van der Waals surface area contributed by atoms with E-state index in [2.05, 4.69) is 0 Å². The molecule has 45 heavy (non-hydrogen) atoms. The molecule has 14 N–H and O–H groups in total. The topological polar surface area (TPSA) is 348 Å². The van der Waals surface area contributed by atoms with Crippen LogP contribution in [0.25, 0.3) is 0 Å². The van der Waals surface area contributed by atoms with Crippen molar-refractivity contribution in [3.05, 3.63) is 0 Å². The first-order chi connectivity index (χ1) is 21.3. The minimum atomic E-state index is -2.02. The normalized spacial score (nSPS) is 52.9. The highest BCUT2D eigenvalue weighted by molar-refractivity contribution is 4.97. The van der Waals surface area contributed by atoms with E-state index in [1.54, 1.807) is 0 Å². The fourth-order valence-corrected chi connectivity index (χ4v) is 5.55. The first kappa shape index (κ1) is 37.0. The van der Waals surface area contributed by atoms with Gasteiger partial charge in [0.05, 0.1) is 26.4 Å². The van der Waals surface area contributed by atoms with Crippen LogP contribution in [0.15, 0.2) is 0 Å². The molecule has 21 nitrogen and oxygen atoms in total. The Morgan fingerprint density at radius 2 is 0.644 bits per heavy atom. The average molecular weight is 667 g/mol. The van der Waals surface area contributed by atoms with Crippen LogP contribution in [0.3, 0.4) is 0 Å². The Morgan fingerprint density at radius 3 is 1.02 bits per heavy atom. The van der Waals surface area contributed by atoms with Gasteiger partial charge in [0.1, 0.15) is 97.7 Å². The maximum absolute atomic E-state index is 10.9. The predicted octanol–water partition coefficient (Wildman–Crippen LogP) is -9.75. The van der Waals surface area contributed by atoms with Crippen molar-refractivity contribution in [1.82, 2.24) is 0 Å². The summed E-state index contributed by atoms with van der Waals surface area (Å²) in [5, 5.41) is 142. The van der Waals surface area contributed by atoms with Gasteiger partial charge in [-0.1, -0.05) is 0 Å². The smallest absolute Gasteiger partial charge is 0.187 e. The number of aliphatic hydroxyl groups is 14. The molecule has 4 unspecified atom stereocenters. The minimum absolute atomic E-state index is 0.784. The Hall–Kier alpha value is -0.840. The fraction of sp³-hybridized carbons (Fsp3) is 1.00. The van der Waals surface area contributed by atoms with Crippen molar-refractivity contribution >= 4 is 0 Å². The molecule has 0 saturated carbocycles. The van der Waals surface area contributed by atoms with Gasteiger partial charge in [0.25, 0.3) is 0 Å². The zero-order chi connectivity index (χ0) is 33.3. The van der Waals surface area contributed by atoms with Crippen LogP contribution >= 0.6 is 0 Å². The minimum Gasteiger partial charge on any atom is -0.394 e. The third-order valence-corrected chi connectivity index (χ3v) is 8.20. The number of rotatable bonds is 10. The molecule has 264 valence electrons. The van der Waals surface area contributed by atoms with Gasteiger partial charge in [-0.05, 0) is 0 Å². The van der Waals surface area contributed by atoms with E-state index >= 15 is 0 Å². The van der Waals surface area contributed by atoms with Gasteiger partial charge in [-0.2, -0.15) is 0 Å². The maximum atomic E-state index is 10.9. The molecule has 4 saturated heterocycles. The molecule has 4 aliphatic heterocycles. The van der Waals surface area contributed by atoms with Crippen molar-refractivity contribution in [2.45, 2.75) is 123 Å². The predicted molar refractivity (Wildman–Crippen MR) is 134 cm³/mol. The van der Waals surface area contributed by atoms with Gasteiger partial charge < -0.3 is 105 Å². The SMILES string of the molecule is OC[C@H]1OC(O[C@H]2[C@H](O)[C@@H](O)C(O[C@H]3[C@H](O)[C@@H](O)C(O[C@H]4[C@H](O)[C@@H](O)C(O)O[C@@H]4CO)O[C@@H]3CO)O[C@@H]2CO)[C@H](O)[C@@H](O)[C@@H]1O. The van der Waals surface area contributed by atoms with E-state index in [4.69, 9.17) is 33.2 Å². The molecule has 0 aromatic heterocycles. The van der Waals surface area contributed by atoms with Crippen molar-refractivity contribution in [3.8, 4) is 0 Å². The van der Waals surface area contributed by atoms with Crippen LogP contribution < -0.4 is 0 Å². The van der Waals surface area contributed by atoms with Gasteiger partial charge in [-0.3, -0.25) is 0 Å². The van der Waals surface area contributed by atoms with Gasteiger partial charge in [0.15, 0.2) is 25.2 Å². The highest BCUT2D eigenvalue weighted by Crippen LogP contribution is 2.34. The van der Waals surface area contributed by atoms with Gasteiger partial charge in [0, 0.05) is 0 Å². The van der Waals surface area contributed by atoms with Crippen molar-refractivity contribution in [2.75, 3.05) is 26.4 Å². The second-order valence-corrected chi connectivity index (χ2v) is 11.1. The van der Waals surface area contributed by atoms with Gasteiger partial charge in [0.2, 0.25) is 0 Å². The summed E-state index contributed by atoms with van der Waals surface area (Å²) < 4.78 is 37.7. The molecule has 4 rings (SSSR count). The Balaban J connectivity index is 1.43. The molecule has 0 aromatic carbocycles. The summed E-state index contributed by atoms with van der Waals surface area (Å²) in [6, 6.07) is 0. The summed E-state index contributed by atoms with van der Waals surface area (Å²) in [6.07, 6.45) is -35.3. The molecular weight excluding hydrogens is 624 g/mol. The van der Waals surface area contributed by atoms with Gasteiger partial charge in [-0.25, -0.2) is 0 Å². The maximum Gasteiger partial charge on any atom is 0.187 e. The summed E-state index contributed by atoms with van der Waals surface area (Å²) in [5.41, 5.74) is 0. The molecule has 0 aromatic rings. The Kier molecular flexibility index (Phi) is 12.8. The Bertz CT molecular complexity index is 910. The highest BCUT2D eigenvalue weighted by atomic mass is 16.8. The Labute approximate surface area is 254 Å². The first-order valence-corrected chi connectivity index (χ1v) is 14.1. The molecule has 4 heterocycles. The van der Waals surface area contributed by atoms with Crippen LogP contribution in [0.1, 0.15) is 0 Å². The number of aliphatic hydroxyl groups excluding tert-OH is 14. The van der Waals surface area contributed by atoms with E-state index in [0.717, 1.165) is 0 Å². The van der Waals surface area contributed by atoms with Crippen LogP contribution in [0.2, 0.25) is 0 Å². The lowest BCUT2D eigenvalue weighted by Crippen LogP contribution is -2.67. The second kappa shape index (κ2) is 15.6. The van der Waals surface area contributed by atoms with Crippen LogP contribution in [-0.4, -0.2) is 221 Å². The average Bonchev–Trinajstić information content (AvgIpc) is 3.03. The molecule has 21 heteroatoms. The molecule has 0 amide bonds. The summed E-state index contributed by atoms with van der Waals surface area (Å²) >= 11 is 0. The summed E-state index contributed by atoms with van der Waals surface area (Å²) in [4.78, 5) is 0. The monoisotopic (exact) mass is 666 g/mol. The molecular formula is C24H42O21. The fourth-order valence-electron chi connectivity index (χ4n) is 5.55. The van der Waals surface area contributed by atoms with Crippen LogP contribution in [0.4, 0.5) is 0 Å². The van der Waals surface area contributed by atoms with E-state index in [1.165, 1.54) is 0 Å². The van der Waals surface area contributed by atoms with Crippen LogP contribution in [0, 0.1) is 0 Å². The quantitative estimate of drug-likeness (QED) is 0.103. The number of hydrogen-bond acceptors (Lipinski definition) is 21. The van der Waals surface area contributed by atoms with Crippen molar-refractivity contribution in [1.29, 1.82) is 0 Å².